The molecule has 0 aliphatic carbocycles. The van der Waals surface area contributed by atoms with Crippen molar-refractivity contribution in [1.82, 2.24) is 9.13 Å². The summed E-state index contributed by atoms with van der Waals surface area (Å²) in [6.07, 6.45) is 2.50. The summed E-state index contributed by atoms with van der Waals surface area (Å²) in [6.45, 7) is 5.94. The van der Waals surface area contributed by atoms with Crippen LogP contribution in [0, 0.1) is 13.8 Å². The van der Waals surface area contributed by atoms with E-state index < -0.39 is 11.9 Å². The summed E-state index contributed by atoms with van der Waals surface area (Å²) in [7, 11) is 1.35. The molecule has 0 radical (unpaired) electrons. The van der Waals surface area contributed by atoms with Crippen molar-refractivity contribution in [2.24, 2.45) is 0 Å². The monoisotopic (exact) mass is 1010 g/mol. The van der Waals surface area contributed by atoms with Gasteiger partial charge in [-0.3, -0.25) is 9.59 Å². The Labute approximate surface area is 433 Å². The second-order valence-electron chi connectivity index (χ2n) is 17.8. The van der Waals surface area contributed by atoms with Crippen LogP contribution in [-0.2, 0) is 27.5 Å². The van der Waals surface area contributed by atoms with E-state index in [0.717, 1.165) is 63.6 Å². The number of aromatic nitrogens is 2. The first-order valence-electron chi connectivity index (χ1n) is 23.9. The van der Waals surface area contributed by atoms with Gasteiger partial charge in [0.25, 0.3) is 0 Å². The number of carboxylic acid groups (broad SMARTS) is 1. The standard InChI is InChI=1S/C30H27ClN2O4.C29H25ClN2O4/c1-20-10-12-27(26-17-23(31)11-13-28(26)37-19-21-7-4-3-5-8-21)33(20)25-16-22(30(35)36-2)15-24(18-25)32-14-6-9-29(32)34;1-19-9-11-26(25-16-22(30)10-12-27(25)36-18-20-6-3-2-4-7-20)32(19)24-15-21(29(34)35)14-23(17-24)31-13-5-8-28(31)33/h3-5,7-8,10-13,15-18H,6,9,14,19H2,1-2H3;2-4,6-7,9-12,14-17H,5,8,13,18H2,1H3,(H,34,35). The number of carboxylic acids is 1. The van der Waals surface area contributed by atoms with Crippen molar-refractivity contribution in [3.8, 4) is 45.4 Å². The molecule has 2 fully saturated rings. The van der Waals surface area contributed by atoms with Gasteiger partial charge < -0.3 is 38.3 Å². The average Bonchev–Trinajstić information content (AvgIpc) is 4.22. The van der Waals surface area contributed by atoms with Crippen LogP contribution in [0.15, 0.2) is 158 Å². The SMILES string of the molecule is COC(=O)c1cc(N2CCCC2=O)cc(-n2c(C)ccc2-c2cc(Cl)ccc2OCc2ccccc2)c1.Cc1ccc(-c2cc(Cl)ccc2OCc2ccccc2)n1-c1cc(C(=O)O)cc(N2CCCC2=O)c1. The van der Waals surface area contributed by atoms with Gasteiger partial charge in [-0.15, -0.1) is 0 Å². The van der Waals surface area contributed by atoms with Crippen LogP contribution in [0.5, 0.6) is 11.5 Å². The first-order valence-corrected chi connectivity index (χ1v) is 24.6. The molecule has 73 heavy (non-hydrogen) atoms. The number of benzene rings is 6. The minimum Gasteiger partial charge on any atom is -0.488 e. The molecule has 0 spiro atoms. The molecular weight excluding hydrogens is 964 g/mol. The minimum atomic E-state index is -1.05. The summed E-state index contributed by atoms with van der Waals surface area (Å²) in [6, 6.07) is 49.3. The lowest BCUT2D eigenvalue weighted by Crippen LogP contribution is -2.24. The number of carbonyl (C=O) groups excluding carboxylic acids is 3. The zero-order valence-electron chi connectivity index (χ0n) is 40.5. The molecule has 0 bridgehead atoms. The van der Waals surface area contributed by atoms with Crippen molar-refractivity contribution < 1.29 is 38.5 Å². The van der Waals surface area contributed by atoms with E-state index in [1.54, 1.807) is 46.2 Å². The van der Waals surface area contributed by atoms with Gasteiger partial charge in [0.15, 0.2) is 0 Å². The Morgan fingerprint density at radius 1 is 0.534 bits per heavy atom. The van der Waals surface area contributed by atoms with E-state index in [9.17, 15) is 24.3 Å². The van der Waals surface area contributed by atoms with Gasteiger partial charge in [-0.25, -0.2) is 9.59 Å². The van der Waals surface area contributed by atoms with Crippen molar-refractivity contribution in [2.45, 2.75) is 52.7 Å². The molecule has 14 heteroatoms. The van der Waals surface area contributed by atoms with Crippen molar-refractivity contribution in [3.63, 3.8) is 0 Å². The second kappa shape index (κ2) is 22.1. The highest BCUT2D eigenvalue weighted by Crippen LogP contribution is 2.39. The quantitative estimate of drug-likeness (QED) is 0.107. The Balaban J connectivity index is 0.000000180. The zero-order valence-corrected chi connectivity index (χ0v) is 42.0. The van der Waals surface area contributed by atoms with E-state index in [4.69, 9.17) is 37.4 Å². The number of rotatable bonds is 14. The molecule has 370 valence electrons. The van der Waals surface area contributed by atoms with Crippen molar-refractivity contribution in [3.05, 3.63) is 201 Å². The van der Waals surface area contributed by atoms with Crippen LogP contribution >= 0.6 is 23.2 Å². The van der Waals surface area contributed by atoms with Gasteiger partial charge in [-0.2, -0.15) is 0 Å². The van der Waals surface area contributed by atoms with E-state index in [0.29, 0.717) is 83.3 Å². The van der Waals surface area contributed by atoms with Gasteiger partial charge in [0.05, 0.1) is 29.6 Å². The molecule has 2 aromatic heterocycles. The number of nitrogens with zero attached hydrogens (tertiary/aromatic N) is 4. The highest BCUT2D eigenvalue weighted by molar-refractivity contribution is 6.31. The Kier molecular flexibility index (Phi) is 15.1. The first kappa shape index (κ1) is 49.9. The number of methoxy groups -OCH3 is 1. The third-order valence-electron chi connectivity index (χ3n) is 12.8. The average molecular weight is 1020 g/mol. The number of aryl methyl sites for hydroxylation is 2. The van der Waals surface area contributed by atoms with Crippen molar-refractivity contribution >= 4 is 58.3 Å². The largest absolute Gasteiger partial charge is 0.488 e. The van der Waals surface area contributed by atoms with E-state index in [2.05, 4.69) is 0 Å². The fraction of sp³-hybridized carbons (Fsp3) is 0.186. The Morgan fingerprint density at radius 3 is 1.37 bits per heavy atom. The van der Waals surface area contributed by atoms with E-state index in [1.165, 1.54) is 7.11 Å². The molecule has 0 atom stereocenters. The number of amides is 2. The third kappa shape index (κ3) is 11.2. The first-order chi connectivity index (χ1) is 35.3. The number of hydrogen-bond donors (Lipinski definition) is 1. The summed E-state index contributed by atoms with van der Waals surface area (Å²) in [5.41, 5.74) is 10.3. The van der Waals surface area contributed by atoms with Gasteiger partial charge in [-0.05, 0) is 135 Å². The highest BCUT2D eigenvalue weighted by atomic mass is 35.5. The van der Waals surface area contributed by atoms with E-state index in [-0.39, 0.29) is 17.4 Å². The Hall–Kier alpha value is -8.06. The summed E-state index contributed by atoms with van der Waals surface area (Å²) in [5, 5.41) is 10.9. The topological polar surface area (TPSA) is 133 Å². The normalized spacial score (nSPS) is 13.2. The molecule has 10 rings (SSSR count). The number of halogens is 2. The molecule has 8 aromatic rings. The number of aromatic carboxylic acids is 1. The summed E-state index contributed by atoms with van der Waals surface area (Å²) < 4.78 is 21.5. The lowest BCUT2D eigenvalue weighted by Gasteiger charge is -2.21. The highest BCUT2D eigenvalue weighted by Gasteiger charge is 2.27. The van der Waals surface area contributed by atoms with Gasteiger partial charge in [0.2, 0.25) is 11.8 Å². The van der Waals surface area contributed by atoms with Crippen LogP contribution in [0.2, 0.25) is 10.0 Å². The molecule has 12 nitrogen and oxygen atoms in total. The van der Waals surface area contributed by atoms with Crippen molar-refractivity contribution in [1.29, 1.82) is 0 Å². The maximum atomic E-state index is 12.6. The minimum absolute atomic E-state index is 0.000574. The van der Waals surface area contributed by atoms with Gasteiger partial charge >= 0.3 is 11.9 Å². The maximum absolute atomic E-state index is 12.6. The molecule has 6 aromatic carbocycles. The Bertz CT molecular complexity index is 3350. The second-order valence-corrected chi connectivity index (χ2v) is 18.7. The molecular formula is C59H52Cl2N4O8. The van der Waals surface area contributed by atoms with Crippen LogP contribution < -0.4 is 19.3 Å². The molecule has 2 aliphatic rings. The molecule has 1 N–H and O–H groups in total. The summed E-state index contributed by atoms with van der Waals surface area (Å²) >= 11 is 12.8. The van der Waals surface area contributed by atoms with Gasteiger partial charge in [0.1, 0.15) is 24.7 Å². The molecule has 2 aliphatic heterocycles. The number of ether oxygens (including phenoxy) is 3. The van der Waals surface area contributed by atoms with Gasteiger partial charge in [-0.1, -0.05) is 83.9 Å². The molecule has 4 heterocycles. The molecule has 2 amide bonds. The van der Waals surface area contributed by atoms with Crippen molar-refractivity contribution in [2.75, 3.05) is 30.0 Å². The van der Waals surface area contributed by atoms with E-state index >= 15 is 0 Å². The van der Waals surface area contributed by atoms with Crippen LogP contribution in [0.4, 0.5) is 11.4 Å². The molecule has 2 saturated heterocycles. The maximum Gasteiger partial charge on any atom is 0.337 e. The smallest absolute Gasteiger partial charge is 0.337 e. The number of anilines is 2. The fourth-order valence-electron chi connectivity index (χ4n) is 9.27. The predicted octanol–water partition coefficient (Wildman–Crippen LogP) is 13.1. The number of hydrogen-bond acceptors (Lipinski definition) is 7. The van der Waals surface area contributed by atoms with Crippen LogP contribution in [0.25, 0.3) is 33.9 Å². The van der Waals surface area contributed by atoms with Gasteiger partial charge in [0, 0.05) is 81.2 Å². The zero-order chi connectivity index (χ0) is 51.2. The molecule has 0 saturated carbocycles. The summed E-state index contributed by atoms with van der Waals surface area (Å²) in [5.74, 6) is -0.122. The summed E-state index contributed by atoms with van der Waals surface area (Å²) in [4.78, 5) is 52.9. The van der Waals surface area contributed by atoms with E-state index in [1.807, 2.05) is 144 Å². The third-order valence-corrected chi connectivity index (χ3v) is 13.3. The number of carbonyl (C=O) groups is 4. The lowest BCUT2D eigenvalue weighted by molar-refractivity contribution is -0.117. The Morgan fingerprint density at radius 2 is 0.959 bits per heavy atom. The van der Waals surface area contributed by atoms with Crippen LogP contribution in [0.3, 0.4) is 0 Å². The van der Waals surface area contributed by atoms with Crippen LogP contribution in [0.1, 0.15) is 68.9 Å². The fourth-order valence-corrected chi connectivity index (χ4v) is 9.62. The lowest BCUT2D eigenvalue weighted by atomic mass is 10.1. The molecule has 0 unspecified atom stereocenters. The predicted molar refractivity (Wildman–Crippen MR) is 285 cm³/mol. The van der Waals surface area contributed by atoms with Crippen LogP contribution in [-0.4, -0.2) is 58.2 Å². The number of esters is 1.